The number of H-pyrrole nitrogens is 1. The molecule has 1 saturated heterocycles. The molecule has 0 bridgehead atoms. The molecular formula is C27H26F5N5O3. The fourth-order valence-corrected chi connectivity index (χ4v) is 4.77. The molecule has 4 N–H and O–H groups in total. The van der Waals surface area contributed by atoms with Gasteiger partial charge in [-0.3, -0.25) is 19.3 Å². The number of anilines is 2. The lowest BCUT2D eigenvalue weighted by atomic mass is 9.99. The SMILES string of the molecule is CC1CN(c2cc(F)c(-c3cc(F)c(C(N)=O)c(F)c3)cc2NC(=O)c2c[nH]c(=O)cc2C(F)F)CC(C)N1C. The molecule has 2 unspecified atom stereocenters. The summed E-state index contributed by atoms with van der Waals surface area (Å²) in [6.45, 7) is 4.74. The van der Waals surface area contributed by atoms with E-state index in [4.69, 9.17) is 5.73 Å². The molecule has 40 heavy (non-hydrogen) atoms. The number of halogens is 5. The summed E-state index contributed by atoms with van der Waals surface area (Å²) in [6, 6.07) is 4.30. The quantitative estimate of drug-likeness (QED) is 0.388. The van der Waals surface area contributed by atoms with Crippen LogP contribution in [0.2, 0.25) is 0 Å². The largest absolute Gasteiger partial charge is 0.367 e. The third-order valence-electron chi connectivity index (χ3n) is 7.07. The van der Waals surface area contributed by atoms with Gasteiger partial charge in [0.25, 0.3) is 18.2 Å². The van der Waals surface area contributed by atoms with Gasteiger partial charge in [-0.1, -0.05) is 0 Å². The second kappa shape index (κ2) is 11.1. The van der Waals surface area contributed by atoms with E-state index < -0.39 is 57.9 Å². The van der Waals surface area contributed by atoms with E-state index in [1.165, 1.54) is 0 Å². The molecule has 1 fully saturated rings. The Morgan fingerprint density at radius 1 is 1.00 bits per heavy atom. The van der Waals surface area contributed by atoms with Gasteiger partial charge in [-0.2, -0.15) is 0 Å². The summed E-state index contributed by atoms with van der Waals surface area (Å²) < 4.78 is 71.7. The van der Waals surface area contributed by atoms with E-state index in [0.717, 1.165) is 30.5 Å². The van der Waals surface area contributed by atoms with E-state index in [0.29, 0.717) is 19.2 Å². The molecule has 2 heterocycles. The first kappa shape index (κ1) is 28.7. The topological polar surface area (TPSA) is 112 Å². The number of hydrogen-bond acceptors (Lipinski definition) is 5. The molecule has 13 heteroatoms. The molecule has 4 rings (SSSR count). The van der Waals surface area contributed by atoms with E-state index in [-0.39, 0.29) is 34.6 Å². The van der Waals surface area contributed by atoms with Crippen LogP contribution >= 0.6 is 0 Å². The summed E-state index contributed by atoms with van der Waals surface area (Å²) in [7, 11) is 1.93. The van der Waals surface area contributed by atoms with Gasteiger partial charge in [0.1, 0.15) is 23.0 Å². The first-order valence-electron chi connectivity index (χ1n) is 12.2. The summed E-state index contributed by atoms with van der Waals surface area (Å²) in [5, 5.41) is 2.50. The molecule has 2 amide bonds. The zero-order valence-corrected chi connectivity index (χ0v) is 21.7. The van der Waals surface area contributed by atoms with E-state index in [2.05, 4.69) is 15.2 Å². The van der Waals surface area contributed by atoms with Gasteiger partial charge in [-0.05, 0) is 50.7 Å². The van der Waals surface area contributed by atoms with Crippen LogP contribution in [0.15, 0.2) is 41.3 Å². The van der Waals surface area contributed by atoms with Gasteiger partial charge in [-0.15, -0.1) is 0 Å². The number of aromatic nitrogens is 1. The number of primary amides is 1. The van der Waals surface area contributed by atoms with Crippen molar-refractivity contribution in [3.05, 3.63) is 81.0 Å². The third kappa shape index (κ3) is 5.55. The van der Waals surface area contributed by atoms with Crippen molar-refractivity contribution in [3.63, 3.8) is 0 Å². The number of carbonyl (C=O) groups is 2. The Bertz CT molecular complexity index is 1510. The maximum absolute atomic E-state index is 15.5. The molecule has 8 nitrogen and oxygen atoms in total. The lowest BCUT2D eigenvalue weighted by molar-refractivity contribution is 0.0989. The van der Waals surface area contributed by atoms with Crippen LogP contribution in [0.4, 0.5) is 33.3 Å². The fourth-order valence-electron chi connectivity index (χ4n) is 4.77. The summed E-state index contributed by atoms with van der Waals surface area (Å²) in [5.74, 6) is -5.89. The number of hydrogen-bond donors (Lipinski definition) is 3. The monoisotopic (exact) mass is 563 g/mol. The van der Waals surface area contributed by atoms with Gasteiger partial charge in [-0.25, -0.2) is 22.0 Å². The Kier molecular flexibility index (Phi) is 7.96. The van der Waals surface area contributed by atoms with Gasteiger partial charge in [0.2, 0.25) is 5.56 Å². The average molecular weight is 564 g/mol. The molecule has 0 spiro atoms. The Morgan fingerprint density at radius 2 is 1.60 bits per heavy atom. The Morgan fingerprint density at radius 3 is 2.15 bits per heavy atom. The Balaban J connectivity index is 1.85. The molecule has 2 atom stereocenters. The summed E-state index contributed by atoms with van der Waals surface area (Å²) in [6.07, 6.45) is -2.29. The van der Waals surface area contributed by atoms with Crippen molar-refractivity contribution in [2.24, 2.45) is 5.73 Å². The van der Waals surface area contributed by atoms with E-state index in [1.54, 1.807) is 4.90 Å². The molecule has 1 aromatic heterocycles. The fraction of sp³-hybridized carbons (Fsp3) is 0.296. The minimum absolute atomic E-state index is 0.0178. The molecule has 3 aromatic rings. The van der Waals surface area contributed by atoms with Crippen LogP contribution in [-0.2, 0) is 0 Å². The maximum atomic E-state index is 15.5. The second-order valence-electron chi connectivity index (χ2n) is 9.72. The summed E-state index contributed by atoms with van der Waals surface area (Å²) >= 11 is 0. The molecule has 2 aromatic carbocycles. The van der Waals surface area contributed by atoms with Gasteiger partial charge in [0.15, 0.2) is 0 Å². The van der Waals surface area contributed by atoms with Gasteiger partial charge >= 0.3 is 0 Å². The van der Waals surface area contributed by atoms with E-state index in [1.807, 2.05) is 20.9 Å². The first-order valence-corrected chi connectivity index (χ1v) is 12.2. The number of pyridine rings is 1. The lowest BCUT2D eigenvalue weighted by Gasteiger charge is -2.44. The van der Waals surface area contributed by atoms with E-state index >= 15 is 4.39 Å². The molecule has 0 aliphatic carbocycles. The molecule has 1 aliphatic rings. The third-order valence-corrected chi connectivity index (χ3v) is 7.07. The van der Waals surface area contributed by atoms with Gasteiger partial charge in [0, 0.05) is 48.6 Å². The Labute approximate surface area is 225 Å². The van der Waals surface area contributed by atoms with Crippen molar-refractivity contribution >= 4 is 23.2 Å². The average Bonchev–Trinajstić information content (AvgIpc) is 2.86. The predicted octanol–water partition coefficient (Wildman–Crippen LogP) is 4.28. The zero-order chi connectivity index (χ0) is 29.5. The van der Waals surface area contributed by atoms with Crippen LogP contribution in [0.3, 0.4) is 0 Å². The Hall–Kier alpha value is -4.26. The summed E-state index contributed by atoms with van der Waals surface area (Å²) in [5.41, 5.74) is 1.42. The molecule has 0 saturated carbocycles. The highest BCUT2D eigenvalue weighted by molar-refractivity contribution is 6.07. The second-order valence-corrected chi connectivity index (χ2v) is 9.72. The number of nitrogens with zero attached hydrogens (tertiary/aromatic N) is 2. The zero-order valence-electron chi connectivity index (χ0n) is 21.7. The number of alkyl halides is 2. The molecule has 0 radical (unpaired) electrons. The highest BCUT2D eigenvalue weighted by Gasteiger charge is 2.30. The normalized spacial score (nSPS) is 17.8. The lowest BCUT2D eigenvalue weighted by Crippen LogP contribution is -2.55. The molecule has 212 valence electrons. The van der Waals surface area contributed by atoms with E-state index in [9.17, 15) is 31.9 Å². The van der Waals surface area contributed by atoms with Crippen molar-refractivity contribution in [1.82, 2.24) is 9.88 Å². The van der Waals surface area contributed by atoms with Crippen molar-refractivity contribution in [3.8, 4) is 11.1 Å². The maximum Gasteiger partial charge on any atom is 0.264 e. The van der Waals surface area contributed by atoms with Crippen LogP contribution in [0.1, 0.15) is 46.6 Å². The van der Waals surface area contributed by atoms with Crippen molar-refractivity contribution in [2.75, 3.05) is 30.4 Å². The molecule has 1 aliphatic heterocycles. The highest BCUT2D eigenvalue weighted by Crippen LogP contribution is 2.37. The smallest absolute Gasteiger partial charge is 0.264 e. The number of likely N-dealkylation sites (N-methyl/N-ethyl adjacent to an activating group) is 1. The highest BCUT2D eigenvalue weighted by atomic mass is 19.3. The number of nitrogens with two attached hydrogens (primary N) is 1. The van der Waals surface area contributed by atoms with Crippen molar-refractivity contribution in [1.29, 1.82) is 0 Å². The number of benzene rings is 2. The van der Waals surface area contributed by atoms with Crippen LogP contribution in [0, 0.1) is 17.5 Å². The molecular weight excluding hydrogens is 537 g/mol. The number of piperazine rings is 1. The standard InChI is InChI=1S/C27H26F5N5O3/c1-12-10-37(11-13(2)36(12)3)22-8-18(28)15(14-4-19(29)24(26(33)39)20(30)5-14)6-21(22)35-27(40)17-9-34-23(38)7-16(17)25(31)32/h4-9,12-13,25H,10-11H2,1-3H3,(H2,33,39)(H,34,38)(H,35,40). The minimum atomic E-state index is -3.14. The predicted molar refractivity (Wildman–Crippen MR) is 139 cm³/mol. The summed E-state index contributed by atoms with van der Waals surface area (Å²) in [4.78, 5) is 42.2. The first-order chi connectivity index (χ1) is 18.8. The van der Waals surface area contributed by atoms with Crippen molar-refractivity contribution < 1.29 is 31.5 Å². The van der Waals surface area contributed by atoms with Crippen LogP contribution in [0.5, 0.6) is 0 Å². The number of aromatic amines is 1. The van der Waals surface area contributed by atoms with Crippen LogP contribution in [0.25, 0.3) is 11.1 Å². The van der Waals surface area contributed by atoms with Gasteiger partial charge in [0.05, 0.1) is 16.9 Å². The number of rotatable bonds is 6. The van der Waals surface area contributed by atoms with Crippen LogP contribution in [-0.4, -0.2) is 53.9 Å². The number of carbonyl (C=O) groups excluding carboxylic acids is 2. The minimum Gasteiger partial charge on any atom is -0.367 e. The number of nitrogens with one attached hydrogen (secondary N) is 2. The van der Waals surface area contributed by atoms with Gasteiger partial charge < -0.3 is 20.9 Å². The number of amides is 2. The van der Waals surface area contributed by atoms with Crippen molar-refractivity contribution in [2.45, 2.75) is 32.4 Å². The van der Waals surface area contributed by atoms with Crippen LogP contribution < -0.4 is 21.5 Å².